The van der Waals surface area contributed by atoms with Gasteiger partial charge >= 0.3 is 0 Å². The number of fused-ring (bicyclic) bond motifs is 2. The molecule has 1 amide bonds. The molecule has 0 spiro atoms. The lowest BCUT2D eigenvalue weighted by Crippen LogP contribution is -2.27. The molecule has 4 rings (SSSR count). The minimum atomic E-state index is -0.0426. The van der Waals surface area contributed by atoms with Crippen LogP contribution in [0.4, 0.5) is 0 Å². The van der Waals surface area contributed by atoms with E-state index in [0.29, 0.717) is 35.3 Å². The average Bonchev–Trinajstić information content (AvgIpc) is 3.34. The van der Waals surface area contributed by atoms with Crippen LogP contribution in [0, 0.1) is 0 Å². The van der Waals surface area contributed by atoms with Crippen LogP contribution in [0.1, 0.15) is 49.7 Å². The molecule has 0 radical (unpaired) electrons. The van der Waals surface area contributed by atoms with Crippen molar-refractivity contribution in [2.24, 2.45) is 0 Å². The van der Waals surface area contributed by atoms with E-state index >= 15 is 0 Å². The van der Waals surface area contributed by atoms with E-state index in [9.17, 15) is 4.79 Å². The van der Waals surface area contributed by atoms with Crippen LogP contribution in [-0.4, -0.2) is 46.0 Å². The van der Waals surface area contributed by atoms with E-state index in [0.717, 1.165) is 18.4 Å². The molecule has 2 aromatic heterocycles. The molecule has 1 N–H and O–H groups in total. The number of carbonyl (C=O) groups excluding carboxylic acids is 1. The molecule has 1 aliphatic carbocycles. The van der Waals surface area contributed by atoms with E-state index in [-0.39, 0.29) is 24.5 Å². The van der Waals surface area contributed by atoms with Crippen LogP contribution in [0.15, 0.2) is 24.3 Å². The van der Waals surface area contributed by atoms with Crippen molar-refractivity contribution < 1.29 is 19.0 Å². The summed E-state index contributed by atoms with van der Waals surface area (Å²) in [6, 6.07) is 7.48. The molecule has 0 bridgehead atoms. The molecule has 0 fully saturated rings. The zero-order valence-corrected chi connectivity index (χ0v) is 18.2. The van der Waals surface area contributed by atoms with E-state index in [1.54, 1.807) is 30.9 Å². The van der Waals surface area contributed by atoms with Crippen LogP contribution in [0.2, 0.25) is 0 Å². The molecular weight excluding hydrogens is 398 g/mol. The topological polar surface area (TPSA) is 99.9 Å². The van der Waals surface area contributed by atoms with E-state index in [2.05, 4.69) is 20.6 Å². The molecule has 9 nitrogen and oxygen atoms in total. The van der Waals surface area contributed by atoms with Crippen LogP contribution in [0.5, 0.6) is 17.4 Å². The minimum Gasteiger partial charge on any atom is -0.493 e. The number of hydrogen-bond donors (Lipinski definition) is 1. The van der Waals surface area contributed by atoms with Gasteiger partial charge in [-0.05, 0) is 56.0 Å². The molecule has 3 aromatic rings. The van der Waals surface area contributed by atoms with Gasteiger partial charge in [-0.3, -0.25) is 4.79 Å². The van der Waals surface area contributed by atoms with Crippen molar-refractivity contribution in [2.45, 2.75) is 51.7 Å². The summed E-state index contributed by atoms with van der Waals surface area (Å²) in [6.07, 6.45) is 2.47. The van der Waals surface area contributed by atoms with E-state index < -0.39 is 0 Å². The van der Waals surface area contributed by atoms with Gasteiger partial charge in [-0.15, -0.1) is 15.3 Å². The second-order valence-corrected chi connectivity index (χ2v) is 7.79. The zero-order valence-electron chi connectivity index (χ0n) is 18.2. The van der Waals surface area contributed by atoms with E-state index in [4.69, 9.17) is 14.2 Å². The number of aryl methyl sites for hydroxylation is 2. The molecule has 31 heavy (non-hydrogen) atoms. The molecule has 0 saturated carbocycles. The summed E-state index contributed by atoms with van der Waals surface area (Å²) in [5.41, 5.74) is 2.88. The van der Waals surface area contributed by atoms with Gasteiger partial charge in [0.2, 0.25) is 11.8 Å². The summed E-state index contributed by atoms with van der Waals surface area (Å²) < 4.78 is 18.1. The predicted molar refractivity (Wildman–Crippen MR) is 114 cm³/mol. The minimum absolute atomic E-state index is 0.0172. The molecular formula is C22H27N5O4. The van der Waals surface area contributed by atoms with Gasteiger partial charge in [0.1, 0.15) is 0 Å². The Morgan fingerprint density at radius 2 is 1.97 bits per heavy atom. The second kappa shape index (κ2) is 8.79. The first-order valence-corrected chi connectivity index (χ1v) is 10.4. The fourth-order valence-corrected chi connectivity index (χ4v) is 3.85. The maximum absolute atomic E-state index is 12.7. The van der Waals surface area contributed by atoms with Gasteiger partial charge in [0.05, 0.1) is 26.4 Å². The van der Waals surface area contributed by atoms with Crippen LogP contribution in [0.25, 0.3) is 5.65 Å². The quantitative estimate of drug-likeness (QED) is 0.592. The third-order valence-corrected chi connectivity index (χ3v) is 5.29. The SMILES string of the molecule is COc1cc2c(cc1OC)[C@@H](NC(=O)CCc1nnc3ccc(OC(C)C)nn13)CC2. The Balaban J connectivity index is 1.42. The predicted octanol–water partition coefficient (Wildman–Crippen LogP) is 2.67. The fourth-order valence-electron chi connectivity index (χ4n) is 3.85. The monoisotopic (exact) mass is 425 g/mol. The number of amides is 1. The third-order valence-electron chi connectivity index (χ3n) is 5.29. The van der Waals surface area contributed by atoms with Gasteiger partial charge in [-0.1, -0.05) is 0 Å². The second-order valence-electron chi connectivity index (χ2n) is 7.79. The van der Waals surface area contributed by atoms with Gasteiger partial charge < -0.3 is 19.5 Å². The summed E-state index contributed by atoms with van der Waals surface area (Å²) in [5, 5.41) is 15.9. The van der Waals surface area contributed by atoms with E-state index in [1.165, 1.54) is 5.56 Å². The lowest BCUT2D eigenvalue weighted by molar-refractivity contribution is -0.121. The van der Waals surface area contributed by atoms with Gasteiger partial charge in [0.15, 0.2) is 23.0 Å². The molecule has 2 heterocycles. The number of carbonyl (C=O) groups is 1. The number of methoxy groups -OCH3 is 2. The van der Waals surface area contributed by atoms with Crippen molar-refractivity contribution in [2.75, 3.05) is 14.2 Å². The molecule has 1 aromatic carbocycles. The largest absolute Gasteiger partial charge is 0.493 e. The summed E-state index contributed by atoms with van der Waals surface area (Å²) in [7, 11) is 3.24. The van der Waals surface area contributed by atoms with Crippen molar-refractivity contribution in [3.63, 3.8) is 0 Å². The lowest BCUT2D eigenvalue weighted by atomic mass is 10.1. The highest BCUT2D eigenvalue weighted by Crippen LogP contribution is 2.39. The van der Waals surface area contributed by atoms with Crippen LogP contribution < -0.4 is 19.5 Å². The van der Waals surface area contributed by atoms with Gasteiger partial charge in [0.25, 0.3) is 0 Å². The fraction of sp³-hybridized carbons (Fsp3) is 0.455. The van der Waals surface area contributed by atoms with E-state index in [1.807, 2.05) is 26.0 Å². The van der Waals surface area contributed by atoms with Gasteiger partial charge in [0, 0.05) is 18.9 Å². The highest BCUT2D eigenvalue weighted by atomic mass is 16.5. The summed E-state index contributed by atoms with van der Waals surface area (Å²) in [4.78, 5) is 12.7. The lowest BCUT2D eigenvalue weighted by Gasteiger charge is -2.16. The first-order valence-electron chi connectivity index (χ1n) is 10.4. The Hall–Kier alpha value is -3.36. The number of hydrogen-bond acceptors (Lipinski definition) is 7. The molecule has 9 heteroatoms. The van der Waals surface area contributed by atoms with Gasteiger partial charge in [-0.2, -0.15) is 4.52 Å². The molecule has 164 valence electrons. The first kappa shape index (κ1) is 20.9. The van der Waals surface area contributed by atoms with Crippen molar-refractivity contribution in [3.8, 4) is 17.4 Å². The Labute approximate surface area is 180 Å². The molecule has 1 aliphatic rings. The maximum atomic E-state index is 12.7. The highest BCUT2D eigenvalue weighted by Gasteiger charge is 2.26. The summed E-state index contributed by atoms with van der Waals surface area (Å²) >= 11 is 0. The van der Waals surface area contributed by atoms with Crippen molar-refractivity contribution in [1.29, 1.82) is 0 Å². The Morgan fingerprint density at radius 1 is 1.19 bits per heavy atom. The number of nitrogens with zero attached hydrogens (tertiary/aromatic N) is 4. The molecule has 1 atom stereocenters. The van der Waals surface area contributed by atoms with Crippen molar-refractivity contribution >= 4 is 11.6 Å². The first-order chi connectivity index (χ1) is 15.0. The summed E-state index contributed by atoms with van der Waals surface area (Å²) in [6.45, 7) is 3.88. The van der Waals surface area contributed by atoms with Crippen LogP contribution in [-0.2, 0) is 17.6 Å². The third kappa shape index (κ3) is 4.40. The molecule has 0 aliphatic heterocycles. The van der Waals surface area contributed by atoms with Crippen LogP contribution in [0.3, 0.4) is 0 Å². The smallest absolute Gasteiger partial charge is 0.232 e. The van der Waals surface area contributed by atoms with Crippen molar-refractivity contribution in [3.05, 3.63) is 41.2 Å². The number of ether oxygens (including phenoxy) is 3. The Kier molecular flexibility index (Phi) is 5.92. The van der Waals surface area contributed by atoms with Crippen LogP contribution >= 0.6 is 0 Å². The number of benzene rings is 1. The number of aromatic nitrogens is 4. The Bertz CT molecular complexity index is 1090. The standard InChI is InChI=1S/C22H27N5O4/c1-13(2)31-22-10-8-20-25-24-19(27(20)26-22)7-9-21(28)23-16-6-5-14-11-17(29-3)18(30-4)12-15(14)16/h8,10-13,16H,5-7,9H2,1-4H3,(H,23,28)/t16-/m0/s1. The highest BCUT2D eigenvalue weighted by molar-refractivity contribution is 5.77. The normalized spacial score (nSPS) is 15.2. The molecule has 0 saturated heterocycles. The number of nitrogens with one attached hydrogen (secondary N) is 1. The Morgan fingerprint density at radius 3 is 2.71 bits per heavy atom. The maximum Gasteiger partial charge on any atom is 0.232 e. The summed E-state index contributed by atoms with van der Waals surface area (Å²) in [5.74, 6) is 2.46. The van der Waals surface area contributed by atoms with Crippen molar-refractivity contribution in [1.82, 2.24) is 25.1 Å². The number of rotatable bonds is 8. The zero-order chi connectivity index (χ0) is 22.0. The molecule has 0 unspecified atom stereocenters. The van der Waals surface area contributed by atoms with Gasteiger partial charge in [-0.25, -0.2) is 0 Å². The average molecular weight is 425 g/mol.